The Bertz CT molecular complexity index is 254. The van der Waals surface area contributed by atoms with Gasteiger partial charge in [0.25, 0.3) is 0 Å². The molecule has 3 nitrogen and oxygen atoms in total. The Morgan fingerprint density at radius 2 is 2.08 bits per heavy atom. The molecule has 0 radical (unpaired) electrons. The summed E-state index contributed by atoms with van der Waals surface area (Å²) in [5.74, 6) is 0. The molecule has 0 saturated heterocycles. The summed E-state index contributed by atoms with van der Waals surface area (Å²) in [6.45, 7) is 4.07. The van der Waals surface area contributed by atoms with E-state index >= 15 is 0 Å². The summed E-state index contributed by atoms with van der Waals surface area (Å²) in [5, 5.41) is 7.52. The second-order valence-electron chi connectivity index (χ2n) is 2.19. The first kappa shape index (κ1) is 8.46. The lowest BCUT2D eigenvalue weighted by Crippen LogP contribution is -1.85. The number of hydrogen-bond donors (Lipinski definition) is 1. The summed E-state index contributed by atoms with van der Waals surface area (Å²) >= 11 is 0. The zero-order valence-corrected chi connectivity index (χ0v) is 6.77. The van der Waals surface area contributed by atoms with E-state index in [9.17, 15) is 0 Å². The maximum atomic E-state index is 3.78. The molecule has 0 bridgehead atoms. The fourth-order valence-corrected chi connectivity index (χ4v) is 0.704. The van der Waals surface area contributed by atoms with Gasteiger partial charge in [0.15, 0.2) is 0 Å². The highest BCUT2D eigenvalue weighted by atomic mass is 15.4. The van der Waals surface area contributed by atoms with Crippen molar-refractivity contribution in [3.63, 3.8) is 0 Å². The summed E-state index contributed by atoms with van der Waals surface area (Å²) in [4.78, 5) is 0. The monoisotopic (exact) mass is 161 g/mol. The van der Waals surface area contributed by atoms with Gasteiger partial charge in [-0.3, -0.25) is 5.43 Å². The van der Waals surface area contributed by atoms with Gasteiger partial charge in [0.05, 0.1) is 12.2 Å². The summed E-state index contributed by atoms with van der Waals surface area (Å²) in [7, 11) is 0. The van der Waals surface area contributed by atoms with E-state index < -0.39 is 0 Å². The third-order valence-corrected chi connectivity index (χ3v) is 1.23. The van der Waals surface area contributed by atoms with Crippen molar-refractivity contribution in [1.82, 2.24) is 0 Å². The van der Waals surface area contributed by atoms with E-state index in [0.717, 1.165) is 5.69 Å². The summed E-state index contributed by atoms with van der Waals surface area (Å²) in [5.41, 5.74) is 3.73. The molecule has 1 aromatic rings. The maximum Gasteiger partial charge on any atom is 0.0798 e. The van der Waals surface area contributed by atoms with Crippen molar-refractivity contribution in [2.24, 2.45) is 10.3 Å². The van der Waals surface area contributed by atoms with Gasteiger partial charge >= 0.3 is 0 Å². The normalized spacial score (nSPS) is 10.0. The van der Waals surface area contributed by atoms with E-state index in [-0.39, 0.29) is 0 Å². The van der Waals surface area contributed by atoms with Crippen molar-refractivity contribution in [2.75, 3.05) is 12.0 Å². The zero-order valence-electron chi connectivity index (χ0n) is 6.77. The van der Waals surface area contributed by atoms with Gasteiger partial charge in [0, 0.05) is 0 Å². The highest BCUT2D eigenvalue weighted by molar-refractivity contribution is 5.41. The van der Waals surface area contributed by atoms with Crippen LogP contribution in [0.4, 0.5) is 5.69 Å². The molecule has 1 rings (SSSR count). The molecule has 0 atom stereocenters. The van der Waals surface area contributed by atoms with Gasteiger partial charge in [0.1, 0.15) is 0 Å². The molecule has 0 unspecified atom stereocenters. The minimum Gasteiger partial charge on any atom is -0.260 e. The molecular weight excluding hydrogens is 150 g/mol. The molecule has 0 aliphatic carbocycles. The number of nitrogens with one attached hydrogen (secondary N) is 1. The van der Waals surface area contributed by atoms with Crippen molar-refractivity contribution >= 4 is 5.69 Å². The van der Waals surface area contributed by atoms with Gasteiger partial charge in [0.2, 0.25) is 0 Å². The maximum absolute atomic E-state index is 3.78. The Kier molecular flexibility index (Phi) is 3.57. The molecule has 1 N–H and O–H groups in total. The smallest absolute Gasteiger partial charge is 0.0798 e. The van der Waals surface area contributed by atoms with E-state index in [1.54, 1.807) is 6.08 Å². The largest absolute Gasteiger partial charge is 0.260 e. The van der Waals surface area contributed by atoms with Crippen LogP contribution in [-0.2, 0) is 0 Å². The van der Waals surface area contributed by atoms with E-state index in [1.165, 1.54) is 0 Å². The third-order valence-electron chi connectivity index (χ3n) is 1.23. The van der Waals surface area contributed by atoms with Crippen molar-refractivity contribution in [2.45, 2.75) is 0 Å². The first-order valence-corrected chi connectivity index (χ1v) is 3.72. The molecule has 0 spiro atoms. The van der Waals surface area contributed by atoms with Crippen molar-refractivity contribution in [3.8, 4) is 0 Å². The minimum atomic E-state index is 0.542. The van der Waals surface area contributed by atoms with Crippen molar-refractivity contribution in [1.29, 1.82) is 0 Å². The van der Waals surface area contributed by atoms with E-state index in [1.807, 2.05) is 30.3 Å². The predicted molar refractivity (Wildman–Crippen MR) is 50.0 cm³/mol. The Hall–Kier alpha value is -1.64. The molecule has 1 aromatic carbocycles. The average molecular weight is 161 g/mol. The van der Waals surface area contributed by atoms with Crippen LogP contribution in [0.15, 0.2) is 53.3 Å². The second kappa shape index (κ2) is 5.07. The summed E-state index contributed by atoms with van der Waals surface area (Å²) in [6.07, 6.45) is 1.69. The van der Waals surface area contributed by atoms with E-state index in [2.05, 4.69) is 22.3 Å². The lowest BCUT2D eigenvalue weighted by molar-refractivity contribution is 1.02. The highest BCUT2D eigenvalue weighted by Gasteiger charge is 1.82. The average Bonchev–Trinajstić information content (AvgIpc) is 2.14. The number of anilines is 1. The van der Waals surface area contributed by atoms with Gasteiger partial charge in [-0.05, 0) is 12.1 Å². The van der Waals surface area contributed by atoms with Crippen LogP contribution in [0.5, 0.6) is 0 Å². The van der Waals surface area contributed by atoms with Gasteiger partial charge in [-0.15, -0.1) is 6.58 Å². The molecule has 0 fully saturated rings. The number of benzene rings is 1. The first-order valence-electron chi connectivity index (χ1n) is 3.72. The SMILES string of the molecule is C=CCN=NNc1ccccc1. The third kappa shape index (κ3) is 2.96. The van der Waals surface area contributed by atoms with Gasteiger partial charge < -0.3 is 0 Å². The quantitative estimate of drug-likeness (QED) is 0.411. The van der Waals surface area contributed by atoms with Crippen LogP contribution in [0.3, 0.4) is 0 Å². The zero-order chi connectivity index (χ0) is 8.65. The number of rotatable bonds is 4. The molecule has 12 heavy (non-hydrogen) atoms. The lowest BCUT2D eigenvalue weighted by atomic mass is 10.3. The Morgan fingerprint density at radius 1 is 1.33 bits per heavy atom. The molecule has 0 saturated carbocycles. The van der Waals surface area contributed by atoms with E-state index in [4.69, 9.17) is 0 Å². The van der Waals surface area contributed by atoms with Gasteiger partial charge in [-0.1, -0.05) is 29.5 Å². The number of nitrogens with zero attached hydrogens (tertiary/aromatic N) is 2. The Balaban J connectivity index is 2.38. The Morgan fingerprint density at radius 3 is 2.75 bits per heavy atom. The second-order valence-corrected chi connectivity index (χ2v) is 2.19. The standard InChI is InChI=1S/C9H11N3/c1-2-8-10-12-11-9-6-4-3-5-7-9/h2-7H,1,8H2,(H,10,11). The van der Waals surface area contributed by atoms with Crippen LogP contribution in [0.1, 0.15) is 0 Å². The minimum absolute atomic E-state index is 0.542. The van der Waals surface area contributed by atoms with Crippen LogP contribution in [0, 0.1) is 0 Å². The Labute approximate surface area is 71.8 Å². The fraction of sp³-hybridized carbons (Fsp3) is 0.111. The predicted octanol–water partition coefficient (Wildman–Crippen LogP) is 2.65. The van der Waals surface area contributed by atoms with Crippen LogP contribution in [0.2, 0.25) is 0 Å². The van der Waals surface area contributed by atoms with Crippen LogP contribution >= 0.6 is 0 Å². The molecule has 0 aliphatic heterocycles. The van der Waals surface area contributed by atoms with Crippen LogP contribution in [-0.4, -0.2) is 6.54 Å². The topological polar surface area (TPSA) is 36.8 Å². The molecule has 0 amide bonds. The lowest BCUT2D eigenvalue weighted by Gasteiger charge is -1.95. The molecule has 0 heterocycles. The van der Waals surface area contributed by atoms with E-state index in [0.29, 0.717) is 6.54 Å². The molecule has 62 valence electrons. The van der Waals surface area contributed by atoms with Crippen molar-refractivity contribution in [3.05, 3.63) is 43.0 Å². The fourth-order valence-electron chi connectivity index (χ4n) is 0.704. The highest BCUT2D eigenvalue weighted by Crippen LogP contribution is 2.04. The summed E-state index contributed by atoms with van der Waals surface area (Å²) < 4.78 is 0. The number of hydrogen-bond acceptors (Lipinski definition) is 2. The first-order chi connectivity index (χ1) is 5.93. The van der Waals surface area contributed by atoms with Crippen molar-refractivity contribution < 1.29 is 0 Å². The molecule has 0 aromatic heterocycles. The molecule has 0 aliphatic rings. The molecule has 3 heteroatoms. The van der Waals surface area contributed by atoms with Gasteiger partial charge in [-0.25, -0.2) is 0 Å². The molecular formula is C9H11N3. The van der Waals surface area contributed by atoms with Crippen LogP contribution < -0.4 is 5.43 Å². The van der Waals surface area contributed by atoms with Gasteiger partial charge in [-0.2, -0.15) is 5.11 Å². The summed E-state index contributed by atoms with van der Waals surface area (Å²) in [6, 6.07) is 9.67. The number of para-hydroxylation sites is 1. The van der Waals surface area contributed by atoms with Crippen LogP contribution in [0.25, 0.3) is 0 Å².